The van der Waals surface area contributed by atoms with Crippen LogP contribution in [0, 0.1) is 11.8 Å². The van der Waals surface area contributed by atoms with E-state index in [9.17, 15) is 5.11 Å². The fourth-order valence-electron chi connectivity index (χ4n) is 7.51. The number of hydrogen-bond donors (Lipinski definition) is 1. The van der Waals surface area contributed by atoms with Crippen LogP contribution in [0.3, 0.4) is 0 Å². The summed E-state index contributed by atoms with van der Waals surface area (Å²) < 4.78 is 0. The van der Waals surface area contributed by atoms with E-state index in [2.05, 4.69) is 35.0 Å². The number of piperidine rings is 1. The van der Waals surface area contributed by atoms with E-state index >= 15 is 0 Å². The third kappa shape index (κ3) is 3.44. The zero-order valence-corrected chi connectivity index (χ0v) is 19.6. The highest BCUT2D eigenvalue weighted by atomic mass is 16.3. The zero-order valence-electron chi connectivity index (χ0n) is 19.6. The van der Waals surface area contributed by atoms with E-state index in [0.717, 1.165) is 24.4 Å². The van der Waals surface area contributed by atoms with Gasteiger partial charge in [0, 0.05) is 37.3 Å². The van der Waals surface area contributed by atoms with Gasteiger partial charge in [-0.05, 0) is 97.9 Å². The summed E-state index contributed by atoms with van der Waals surface area (Å²) in [5, 5.41) is 9.60. The van der Waals surface area contributed by atoms with Crippen molar-refractivity contribution in [2.45, 2.75) is 75.8 Å². The van der Waals surface area contributed by atoms with Crippen molar-refractivity contribution in [2.75, 3.05) is 25.0 Å². The second-order valence-electron chi connectivity index (χ2n) is 11.2. The van der Waals surface area contributed by atoms with Crippen LogP contribution in [0.15, 0.2) is 42.5 Å². The molecule has 3 heteroatoms. The first-order chi connectivity index (χ1) is 15.6. The first-order valence-corrected chi connectivity index (χ1v) is 13.0. The summed E-state index contributed by atoms with van der Waals surface area (Å²) in [6.45, 7) is 3.54. The van der Waals surface area contributed by atoms with Crippen molar-refractivity contribution in [3.8, 4) is 5.75 Å². The molecule has 2 aromatic carbocycles. The Labute approximate surface area is 193 Å². The smallest absolute Gasteiger partial charge is 0.115 e. The minimum absolute atomic E-state index is 0.339. The van der Waals surface area contributed by atoms with Gasteiger partial charge in [0.1, 0.15) is 5.75 Å². The lowest BCUT2D eigenvalue weighted by Gasteiger charge is -2.60. The van der Waals surface area contributed by atoms with Crippen molar-refractivity contribution < 1.29 is 5.11 Å². The fraction of sp³-hybridized carbons (Fsp3) is 0.586. The number of phenols is 1. The third-order valence-electron chi connectivity index (χ3n) is 9.45. The minimum atomic E-state index is 0.339. The lowest BCUT2D eigenvalue weighted by atomic mass is 9.52. The quantitative estimate of drug-likeness (QED) is 0.641. The largest absolute Gasteiger partial charge is 0.508 e. The van der Waals surface area contributed by atoms with Gasteiger partial charge in [0.05, 0.1) is 0 Å². The van der Waals surface area contributed by atoms with E-state index in [1.165, 1.54) is 82.1 Å². The number of hydrogen-bond acceptors (Lipinski definition) is 3. The molecule has 3 nitrogen and oxygen atoms in total. The molecule has 1 heterocycles. The molecule has 2 aromatic rings. The van der Waals surface area contributed by atoms with Gasteiger partial charge in [-0.25, -0.2) is 0 Å². The maximum absolute atomic E-state index is 9.60. The van der Waals surface area contributed by atoms with Crippen LogP contribution in [0.25, 0.3) is 0 Å². The highest BCUT2D eigenvalue weighted by Crippen LogP contribution is 2.56. The molecule has 3 aliphatic carbocycles. The van der Waals surface area contributed by atoms with E-state index < -0.39 is 0 Å². The molecule has 0 spiro atoms. The number of aromatic hydroxyl groups is 1. The predicted molar refractivity (Wildman–Crippen MR) is 131 cm³/mol. The summed E-state index contributed by atoms with van der Waals surface area (Å²) in [5.74, 6) is 2.17. The number of likely N-dealkylation sites (tertiary alicyclic amines) is 1. The summed E-state index contributed by atoms with van der Waals surface area (Å²) in [5.41, 5.74) is 6.32. The van der Waals surface area contributed by atoms with Crippen molar-refractivity contribution in [3.05, 3.63) is 59.2 Å². The molecule has 170 valence electrons. The summed E-state index contributed by atoms with van der Waals surface area (Å²) in [7, 11) is 2.21. The van der Waals surface area contributed by atoms with Gasteiger partial charge in [0.15, 0.2) is 0 Å². The van der Waals surface area contributed by atoms with Gasteiger partial charge in [0.25, 0.3) is 0 Å². The van der Waals surface area contributed by atoms with Crippen molar-refractivity contribution in [3.63, 3.8) is 0 Å². The summed E-state index contributed by atoms with van der Waals surface area (Å²) >= 11 is 0. The molecule has 2 bridgehead atoms. The topological polar surface area (TPSA) is 26.7 Å². The standard InChI is InChI=1S/C29H38N2O/c1-30(19-22-8-12-25(32)13-9-22)24-11-10-23-17-28-26-7-2-3-14-29(26,27(23)18-24)15-16-31(28)20-21-5-4-6-21/h8-13,18,21,26,28,32H,2-7,14-17,19-20H2,1H3/t26-,28+,29+/m0/s1. The highest BCUT2D eigenvalue weighted by Gasteiger charge is 2.54. The van der Waals surface area contributed by atoms with E-state index in [0.29, 0.717) is 11.2 Å². The molecule has 0 radical (unpaired) electrons. The molecular formula is C29H38N2O. The Morgan fingerprint density at radius 2 is 1.84 bits per heavy atom. The lowest BCUT2D eigenvalue weighted by Crippen LogP contribution is -2.61. The average Bonchev–Trinajstić information content (AvgIpc) is 2.78. The first kappa shape index (κ1) is 20.6. The number of benzene rings is 2. The van der Waals surface area contributed by atoms with Crippen molar-refractivity contribution in [1.82, 2.24) is 4.90 Å². The Hall–Kier alpha value is -2.00. The molecule has 32 heavy (non-hydrogen) atoms. The van der Waals surface area contributed by atoms with Crippen molar-refractivity contribution >= 4 is 5.69 Å². The van der Waals surface area contributed by atoms with E-state index in [-0.39, 0.29) is 0 Å². The van der Waals surface area contributed by atoms with Crippen LogP contribution >= 0.6 is 0 Å². The Bertz CT molecular complexity index is 966. The maximum atomic E-state index is 9.60. The molecule has 3 fully saturated rings. The number of fused-ring (bicyclic) bond motifs is 1. The third-order valence-corrected chi connectivity index (χ3v) is 9.45. The zero-order chi connectivity index (χ0) is 21.7. The number of rotatable bonds is 5. The van der Waals surface area contributed by atoms with E-state index in [1.807, 2.05) is 12.1 Å². The maximum Gasteiger partial charge on any atom is 0.115 e. The van der Waals surface area contributed by atoms with Crippen molar-refractivity contribution in [1.29, 1.82) is 0 Å². The summed E-state index contributed by atoms with van der Waals surface area (Å²) in [6.07, 6.45) is 12.7. The number of nitrogens with zero attached hydrogens (tertiary/aromatic N) is 2. The Kier molecular flexibility index (Phi) is 5.21. The average molecular weight is 431 g/mol. The Morgan fingerprint density at radius 1 is 1.00 bits per heavy atom. The molecule has 0 aromatic heterocycles. The second kappa shape index (κ2) is 8.09. The predicted octanol–water partition coefficient (Wildman–Crippen LogP) is 5.89. The van der Waals surface area contributed by atoms with Crippen LogP contribution < -0.4 is 4.90 Å². The van der Waals surface area contributed by atoms with E-state index in [4.69, 9.17) is 0 Å². The molecule has 4 aliphatic rings. The normalized spacial score (nSPS) is 29.7. The van der Waals surface area contributed by atoms with Crippen LogP contribution in [0.5, 0.6) is 5.75 Å². The summed E-state index contributed by atoms with van der Waals surface area (Å²) in [4.78, 5) is 5.30. The van der Waals surface area contributed by atoms with Gasteiger partial charge in [0.2, 0.25) is 0 Å². The van der Waals surface area contributed by atoms with Gasteiger partial charge in [-0.1, -0.05) is 37.5 Å². The van der Waals surface area contributed by atoms with Gasteiger partial charge in [-0.3, -0.25) is 4.90 Å². The molecule has 1 aliphatic heterocycles. The molecule has 3 atom stereocenters. The molecule has 1 N–H and O–H groups in total. The molecular weight excluding hydrogens is 392 g/mol. The highest BCUT2D eigenvalue weighted by molar-refractivity contribution is 5.55. The van der Waals surface area contributed by atoms with Gasteiger partial charge in [-0.15, -0.1) is 0 Å². The van der Waals surface area contributed by atoms with E-state index in [1.54, 1.807) is 23.3 Å². The minimum Gasteiger partial charge on any atom is -0.508 e. The van der Waals surface area contributed by atoms with Crippen molar-refractivity contribution in [2.24, 2.45) is 11.8 Å². The molecule has 0 unspecified atom stereocenters. The Balaban J connectivity index is 1.30. The SMILES string of the molecule is CN(Cc1ccc(O)cc1)c1ccc2c(c1)[C@@]13CCCC[C@H]1[C@@H](C2)N(CC1CCC1)CC3. The number of anilines is 1. The molecule has 2 saturated carbocycles. The molecule has 1 saturated heterocycles. The van der Waals surface area contributed by atoms with Crippen LogP contribution in [0.1, 0.15) is 68.1 Å². The van der Waals surface area contributed by atoms with Crippen LogP contribution in [0.4, 0.5) is 5.69 Å². The Morgan fingerprint density at radius 3 is 2.62 bits per heavy atom. The fourth-order valence-corrected chi connectivity index (χ4v) is 7.51. The van der Waals surface area contributed by atoms with Gasteiger partial charge < -0.3 is 10.0 Å². The lowest BCUT2D eigenvalue weighted by molar-refractivity contribution is -0.0239. The monoisotopic (exact) mass is 430 g/mol. The second-order valence-corrected chi connectivity index (χ2v) is 11.2. The van der Waals surface area contributed by atoms with Gasteiger partial charge in [-0.2, -0.15) is 0 Å². The first-order valence-electron chi connectivity index (χ1n) is 13.0. The molecule has 0 amide bonds. The van der Waals surface area contributed by atoms with Crippen LogP contribution in [0.2, 0.25) is 0 Å². The molecule has 6 rings (SSSR count). The van der Waals surface area contributed by atoms with Crippen LogP contribution in [-0.4, -0.2) is 36.2 Å². The van der Waals surface area contributed by atoms with Gasteiger partial charge >= 0.3 is 0 Å². The van der Waals surface area contributed by atoms with Crippen LogP contribution in [-0.2, 0) is 18.4 Å². The summed E-state index contributed by atoms with van der Waals surface area (Å²) in [6, 6.07) is 15.8. The number of phenolic OH excluding ortho intramolecular Hbond substituents is 1.